The number of halogens is 2. The van der Waals surface area contributed by atoms with Gasteiger partial charge in [-0.05, 0) is 23.8 Å². The van der Waals surface area contributed by atoms with Crippen LogP contribution in [0.1, 0.15) is 5.56 Å². The normalized spacial score (nSPS) is 10.4. The Labute approximate surface area is 108 Å². The molecule has 0 unspecified atom stereocenters. The predicted octanol–water partition coefficient (Wildman–Crippen LogP) is 3.69. The molecule has 0 aliphatic rings. The van der Waals surface area contributed by atoms with E-state index >= 15 is 0 Å². The van der Waals surface area contributed by atoms with E-state index < -0.39 is 11.6 Å². The zero-order chi connectivity index (χ0) is 13.0. The Bertz CT molecular complexity index is 529. The van der Waals surface area contributed by atoms with Gasteiger partial charge in [-0.1, -0.05) is 6.07 Å². The van der Waals surface area contributed by atoms with Gasteiger partial charge in [0.1, 0.15) is 17.5 Å². The molecule has 1 heterocycles. The Morgan fingerprint density at radius 2 is 2.06 bits per heavy atom. The first-order valence-corrected chi connectivity index (χ1v) is 6.38. The topological polar surface area (TPSA) is 24.9 Å². The Morgan fingerprint density at radius 1 is 1.22 bits per heavy atom. The molecule has 2 nitrogen and oxygen atoms in total. The van der Waals surface area contributed by atoms with Gasteiger partial charge >= 0.3 is 0 Å². The molecular formula is C13H12F2N2S. The zero-order valence-corrected chi connectivity index (χ0v) is 10.6. The monoisotopic (exact) mass is 266 g/mol. The van der Waals surface area contributed by atoms with Gasteiger partial charge in [-0.25, -0.2) is 13.8 Å². The highest BCUT2D eigenvalue weighted by Crippen LogP contribution is 2.25. The van der Waals surface area contributed by atoms with Gasteiger partial charge < -0.3 is 5.32 Å². The summed E-state index contributed by atoms with van der Waals surface area (Å²) in [6, 6.07) is 7.38. The van der Waals surface area contributed by atoms with E-state index in [1.54, 1.807) is 13.2 Å². The molecule has 0 spiro atoms. The number of hydrogen-bond donors (Lipinski definition) is 1. The van der Waals surface area contributed by atoms with E-state index in [9.17, 15) is 8.78 Å². The third-order valence-electron chi connectivity index (χ3n) is 2.37. The number of thioether (sulfide) groups is 1. The average molecular weight is 266 g/mol. The summed E-state index contributed by atoms with van der Waals surface area (Å²) < 4.78 is 26.1. The van der Waals surface area contributed by atoms with E-state index in [0.717, 1.165) is 17.4 Å². The van der Waals surface area contributed by atoms with Gasteiger partial charge in [-0.15, -0.1) is 11.8 Å². The van der Waals surface area contributed by atoms with E-state index in [0.29, 0.717) is 10.6 Å². The van der Waals surface area contributed by atoms with Crippen molar-refractivity contribution in [3.05, 3.63) is 53.7 Å². The fourth-order valence-corrected chi connectivity index (χ4v) is 2.27. The fourth-order valence-electron chi connectivity index (χ4n) is 1.41. The van der Waals surface area contributed by atoms with Crippen LogP contribution in [0.15, 0.2) is 41.4 Å². The summed E-state index contributed by atoms with van der Waals surface area (Å²) in [4.78, 5) is 4.61. The second-order valence-corrected chi connectivity index (χ2v) is 4.68. The molecule has 0 aliphatic carbocycles. The van der Waals surface area contributed by atoms with Crippen LogP contribution in [0.2, 0.25) is 0 Å². The molecule has 0 fully saturated rings. The maximum atomic E-state index is 13.4. The van der Waals surface area contributed by atoms with Crippen molar-refractivity contribution in [1.29, 1.82) is 0 Å². The lowest BCUT2D eigenvalue weighted by molar-refractivity contribution is 0.565. The molecule has 0 aliphatic heterocycles. The molecule has 94 valence electrons. The minimum absolute atomic E-state index is 0.439. The van der Waals surface area contributed by atoms with Gasteiger partial charge in [0.25, 0.3) is 0 Å². The number of nitrogens with zero attached hydrogens (tertiary/aromatic N) is 1. The molecule has 0 radical (unpaired) electrons. The summed E-state index contributed by atoms with van der Waals surface area (Å²) in [6.07, 6.45) is 1.74. The highest BCUT2D eigenvalue weighted by atomic mass is 32.2. The van der Waals surface area contributed by atoms with Crippen molar-refractivity contribution in [3.8, 4) is 0 Å². The lowest BCUT2D eigenvalue weighted by Gasteiger charge is -2.04. The largest absolute Gasteiger partial charge is 0.373 e. The van der Waals surface area contributed by atoms with Gasteiger partial charge in [0.2, 0.25) is 0 Å². The molecule has 2 rings (SSSR count). The van der Waals surface area contributed by atoms with Gasteiger partial charge in [0, 0.05) is 30.0 Å². The molecule has 0 saturated carbocycles. The van der Waals surface area contributed by atoms with Crippen LogP contribution < -0.4 is 5.32 Å². The molecule has 5 heteroatoms. The SMILES string of the molecule is CNc1ccc(CSc2ccc(F)cc2F)cn1. The second-order valence-electron chi connectivity index (χ2n) is 3.67. The van der Waals surface area contributed by atoms with Crippen LogP contribution >= 0.6 is 11.8 Å². The van der Waals surface area contributed by atoms with E-state index in [1.165, 1.54) is 23.9 Å². The number of benzene rings is 1. The first kappa shape index (κ1) is 12.8. The van der Waals surface area contributed by atoms with Crippen molar-refractivity contribution >= 4 is 17.6 Å². The molecular weight excluding hydrogens is 254 g/mol. The maximum Gasteiger partial charge on any atom is 0.139 e. The highest BCUT2D eigenvalue weighted by Gasteiger charge is 2.05. The van der Waals surface area contributed by atoms with Crippen LogP contribution in [0.25, 0.3) is 0 Å². The molecule has 0 bridgehead atoms. The minimum atomic E-state index is -0.558. The maximum absolute atomic E-state index is 13.4. The van der Waals surface area contributed by atoms with Gasteiger partial charge in [-0.3, -0.25) is 0 Å². The number of anilines is 1. The van der Waals surface area contributed by atoms with Crippen LogP contribution in [-0.2, 0) is 5.75 Å². The van der Waals surface area contributed by atoms with Crippen molar-refractivity contribution in [2.45, 2.75) is 10.6 Å². The van der Waals surface area contributed by atoms with Crippen molar-refractivity contribution < 1.29 is 8.78 Å². The second kappa shape index (κ2) is 5.82. The van der Waals surface area contributed by atoms with Crippen molar-refractivity contribution in [2.75, 3.05) is 12.4 Å². The third-order valence-corrected chi connectivity index (χ3v) is 3.49. The summed E-state index contributed by atoms with van der Waals surface area (Å²) >= 11 is 1.32. The van der Waals surface area contributed by atoms with Crippen LogP contribution in [0.3, 0.4) is 0 Å². The van der Waals surface area contributed by atoms with Crippen LogP contribution in [-0.4, -0.2) is 12.0 Å². The molecule has 0 atom stereocenters. The highest BCUT2D eigenvalue weighted by molar-refractivity contribution is 7.98. The van der Waals surface area contributed by atoms with Crippen LogP contribution in [0.5, 0.6) is 0 Å². The zero-order valence-electron chi connectivity index (χ0n) is 9.78. The Balaban J connectivity index is 2.02. The van der Waals surface area contributed by atoms with Crippen LogP contribution in [0, 0.1) is 11.6 Å². The van der Waals surface area contributed by atoms with E-state index in [1.807, 2.05) is 12.1 Å². The Morgan fingerprint density at radius 3 is 2.67 bits per heavy atom. The molecule has 2 aromatic rings. The fraction of sp³-hybridized carbons (Fsp3) is 0.154. The van der Waals surface area contributed by atoms with E-state index in [-0.39, 0.29) is 0 Å². The lowest BCUT2D eigenvalue weighted by Crippen LogP contribution is -1.92. The predicted molar refractivity (Wildman–Crippen MR) is 69.7 cm³/mol. The Kier molecular flexibility index (Phi) is 4.15. The minimum Gasteiger partial charge on any atom is -0.373 e. The standard InChI is InChI=1S/C13H12F2N2S/c1-16-13-5-2-9(7-17-13)8-18-12-4-3-10(14)6-11(12)15/h2-7H,8H2,1H3,(H,16,17). The Hall–Kier alpha value is -1.62. The molecule has 1 N–H and O–H groups in total. The van der Waals surface area contributed by atoms with Crippen LogP contribution in [0.4, 0.5) is 14.6 Å². The van der Waals surface area contributed by atoms with Gasteiger partial charge in [-0.2, -0.15) is 0 Å². The molecule has 1 aromatic heterocycles. The number of hydrogen-bond acceptors (Lipinski definition) is 3. The molecule has 0 amide bonds. The summed E-state index contributed by atoms with van der Waals surface area (Å²) in [5.74, 6) is 0.299. The van der Waals surface area contributed by atoms with E-state index in [2.05, 4.69) is 10.3 Å². The average Bonchev–Trinajstić information content (AvgIpc) is 2.38. The number of nitrogens with one attached hydrogen (secondary N) is 1. The molecule has 18 heavy (non-hydrogen) atoms. The van der Waals surface area contributed by atoms with Crippen molar-refractivity contribution in [3.63, 3.8) is 0 Å². The number of aromatic nitrogens is 1. The summed E-state index contributed by atoms with van der Waals surface area (Å²) in [7, 11) is 1.80. The van der Waals surface area contributed by atoms with Crippen molar-refractivity contribution in [2.24, 2.45) is 0 Å². The first-order valence-electron chi connectivity index (χ1n) is 5.39. The first-order chi connectivity index (χ1) is 8.69. The number of rotatable bonds is 4. The number of pyridine rings is 1. The third kappa shape index (κ3) is 3.20. The lowest BCUT2D eigenvalue weighted by atomic mass is 10.3. The molecule has 0 saturated heterocycles. The van der Waals surface area contributed by atoms with Gasteiger partial charge in [0.15, 0.2) is 0 Å². The summed E-state index contributed by atoms with van der Waals surface area (Å²) in [5.41, 5.74) is 0.989. The quantitative estimate of drug-likeness (QED) is 0.854. The smallest absolute Gasteiger partial charge is 0.139 e. The van der Waals surface area contributed by atoms with Gasteiger partial charge in [0.05, 0.1) is 0 Å². The summed E-state index contributed by atoms with van der Waals surface area (Å²) in [5, 5.41) is 2.92. The van der Waals surface area contributed by atoms with E-state index in [4.69, 9.17) is 0 Å². The summed E-state index contributed by atoms with van der Waals surface area (Å²) in [6.45, 7) is 0. The molecule has 1 aromatic carbocycles. The van der Waals surface area contributed by atoms with Crippen molar-refractivity contribution in [1.82, 2.24) is 4.98 Å².